The number of hydrogen-bond acceptors (Lipinski definition) is 7. The number of ether oxygens (including phenoxy) is 2. The molecule has 0 radical (unpaired) electrons. The normalized spacial score (nSPS) is 29.4. The average Bonchev–Trinajstić information content (AvgIpc) is 2.61. The summed E-state index contributed by atoms with van der Waals surface area (Å²) in [6.45, 7) is 0.784. The van der Waals surface area contributed by atoms with Crippen molar-refractivity contribution in [3.63, 3.8) is 0 Å². The number of fused-ring (bicyclic) bond motifs is 1. The van der Waals surface area contributed by atoms with Crippen molar-refractivity contribution in [1.29, 1.82) is 0 Å². The number of aliphatic hydroxyl groups is 3. The lowest BCUT2D eigenvalue weighted by Gasteiger charge is -2.42. The van der Waals surface area contributed by atoms with E-state index in [0.29, 0.717) is 11.3 Å². The quantitative estimate of drug-likeness (QED) is 0.591. The largest absolute Gasteiger partial charge is 0.460 e. The monoisotopic (exact) mass is 348 g/mol. The number of aliphatic hydroxyl groups excluding tert-OH is 3. The summed E-state index contributed by atoms with van der Waals surface area (Å²) in [6, 6.07) is 8.01. The molecule has 0 unspecified atom stereocenters. The van der Waals surface area contributed by atoms with Crippen LogP contribution in [0.15, 0.2) is 36.5 Å². The van der Waals surface area contributed by atoms with E-state index < -0.39 is 43.2 Å². The van der Waals surface area contributed by atoms with Crippen LogP contribution in [-0.2, 0) is 9.53 Å². The summed E-state index contributed by atoms with van der Waals surface area (Å²) in [5, 5.41) is 33.0. The van der Waals surface area contributed by atoms with Gasteiger partial charge in [-0.2, -0.15) is 0 Å². The molecule has 0 spiro atoms. The predicted molar refractivity (Wildman–Crippen MR) is 87.7 cm³/mol. The molecule has 0 bridgehead atoms. The summed E-state index contributed by atoms with van der Waals surface area (Å²) in [5.41, 5.74) is 0.594. The highest BCUT2D eigenvalue weighted by Crippen LogP contribution is 2.28. The molecule has 1 aromatic heterocycles. The zero-order chi connectivity index (χ0) is 18.0. The van der Waals surface area contributed by atoms with E-state index in [9.17, 15) is 20.1 Å². The Morgan fingerprint density at radius 2 is 2.04 bits per heavy atom. The highest BCUT2D eigenvalue weighted by atomic mass is 16.7. The van der Waals surface area contributed by atoms with Gasteiger partial charge in [0.05, 0.1) is 6.61 Å². The Labute approximate surface area is 144 Å². The third-order valence-corrected chi connectivity index (χ3v) is 4.09. The second-order valence-corrected chi connectivity index (χ2v) is 5.88. The van der Waals surface area contributed by atoms with E-state index >= 15 is 0 Å². The molecule has 3 rings (SSSR count). The molecule has 1 aliphatic heterocycles. The Kier molecular flexibility index (Phi) is 5.14. The third kappa shape index (κ3) is 3.57. The number of para-hydroxylation sites is 1. The minimum absolute atomic E-state index is 0.402. The van der Waals surface area contributed by atoms with Crippen LogP contribution < -0.4 is 10.1 Å². The van der Waals surface area contributed by atoms with E-state index in [2.05, 4.69) is 10.3 Å². The number of aromatic nitrogens is 1. The molecule has 134 valence electrons. The van der Waals surface area contributed by atoms with Crippen molar-refractivity contribution < 1.29 is 29.6 Å². The van der Waals surface area contributed by atoms with Crippen LogP contribution in [0.1, 0.15) is 6.92 Å². The zero-order valence-corrected chi connectivity index (χ0v) is 13.6. The molecule has 2 heterocycles. The van der Waals surface area contributed by atoms with E-state index in [1.807, 2.05) is 12.1 Å². The van der Waals surface area contributed by atoms with Gasteiger partial charge in [-0.3, -0.25) is 9.78 Å². The van der Waals surface area contributed by atoms with Gasteiger partial charge in [-0.15, -0.1) is 0 Å². The Hall–Kier alpha value is -2.26. The molecule has 5 atom stereocenters. The van der Waals surface area contributed by atoms with Gasteiger partial charge in [0.1, 0.15) is 35.6 Å². The van der Waals surface area contributed by atoms with Crippen LogP contribution in [0, 0.1) is 0 Å². The second-order valence-electron chi connectivity index (χ2n) is 5.88. The maximum atomic E-state index is 11.4. The first-order valence-electron chi connectivity index (χ1n) is 7.91. The maximum Gasteiger partial charge on any atom is 0.223 e. The summed E-state index contributed by atoms with van der Waals surface area (Å²) in [7, 11) is 0. The Morgan fingerprint density at radius 1 is 1.28 bits per heavy atom. The molecule has 8 heteroatoms. The van der Waals surface area contributed by atoms with Gasteiger partial charge in [-0.25, -0.2) is 0 Å². The van der Waals surface area contributed by atoms with Gasteiger partial charge in [0.2, 0.25) is 12.2 Å². The van der Waals surface area contributed by atoms with Crippen molar-refractivity contribution >= 4 is 16.8 Å². The molecule has 25 heavy (non-hydrogen) atoms. The highest BCUT2D eigenvalue weighted by Gasteiger charge is 2.46. The van der Waals surface area contributed by atoms with Gasteiger partial charge in [0, 0.05) is 18.5 Å². The first-order valence-corrected chi connectivity index (χ1v) is 7.91. The van der Waals surface area contributed by atoms with Crippen LogP contribution >= 0.6 is 0 Å². The van der Waals surface area contributed by atoms with Crippen molar-refractivity contribution in [2.75, 3.05) is 6.61 Å². The molecule has 1 fully saturated rings. The van der Waals surface area contributed by atoms with Crippen molar-refractivity contribution in [2.24, 2.45) is 0 Å². The third-order valence-electron chi connectivity index (χ3n) is 4.09. The Morgan fingerprint density at radius 3 is 2.76 bits per heavy atom. The number of hydrogen-bond donors (Lipinski definition) is 4. The molecule has 2 aromatic rings. The number of rotatable bonds is 4. The number of amides is 1. The van der Waals surface area contributed by atoms with Crippen molar-refractivity contribution in [1.82, 2.24) is 10.3 Å². The topological polar surface area (TPSA) is 121 Å². The number of carbonyl (C=O) groups excluding carboxylic acids is 1. The van der Waals surface area contributed by atoms with Gasteiger partial charge in [0.25, 0.3) is 0 Å². The average molecular weight is 348 g/mol. The molecule has 0 saturated carbocycles. The first kappa shape index (κ1) is 17.6. The zero-order valence-electron chi connectivity index (χ0n) is 13.6. The molecule has 1 saturated heterocycles. The minimum Gasteiger partial charge on any atom is -0.460 e. The second kappa shape index (κ2) is 7.32. The van der Waals surface area contributed by atoms with E-state index in [0.717, 1.165) is 5.39 Å². The van der Waals surface area contributed by atoms with Crippen molar-refractivity contribution in [3.05, 3.63) is 36.5 Å². The summed E-state index contributed by atoms with van der Waals surface area (Å²) in [5.74, 6) is -0.00863. The molecular weight excluding hydrogens is 328 g/mol. The molecule has 1 amide bonds. The fourth-order valence-corrected chi connectivity index (χ4v) is 2.87. The SMILES string of the molecule is CC(=O)N[C@@H]1[C@H](Oc2cccc3cccnc23)O[C@H](CO)[C@@H](O)[C@@H]1O. The fraction of sp³-hybridized carbons (Fsp3) is 0.412. The number of pyridine rings is 1. The van der Waals surface area contributed by atoms with Crippen LogP contribution in [-0.4, -0.2) is 63.5 Å². The number of nitrogens with one attached hydrogen (secondary N) is 1. The van der Waals surface area contributed by atoms with Crippen LogP contribution in [0.5, 0.6) is 5.75 Å². The van der Waals surface area contributed by atoms with E-state index in [4.69, 9.17) is 9.47 Å². The van der Waals surface area contributed by atoms with Crippen LogP contribution in [0.25, 0.3) is 10.9 Å². The molecule has 1 aromatic carbocycles. The lowest BCUT2D eigenvalue weighted by atomic mass is 9.97. The van der Waals surface area contributed by atoms with Gasteiger partial charge < -0.3 is 30.1 Å². The highest BCUT2D eigenvalue weighted by molar-refractivity contribution is 5.84. The summed E-state index contributed by atoms with van der Waals surface area (Å²) in [4.78, 5) is 15.7. The van der Waals surface area contributed by atoms with E-state index in [1.165, 1.54) is 6.92 Å². The molecule has 8 nitrogen and oxygen atoms in total. The van der Waals surface area contributed by atoms with Crippen molar-refractivity contribution in [2.45, 2.75) is 37.6 Å². The molecule has 4 N–H and O–H groups in total. The summed E-state index contributed by atoms with van der Waals surface area (Å²) in [6.07, 6.45) is -3.23. The fourth-order valence-electron chi connectivity index (χ4n) is 2.87. The molecule has 1 aliphatic rings. The van der Waals surface area contributed by atoms with Crippen molar-refractivity contribution in [3.8, 4) is 5.75 Å². The van der Waals surface area contributed by atoms with Crippen LogP contribution in [0.4, 0.5) is 0 Å². The van der Waals surface area contributed by atoms with Crippen LogP contribution in [0.2, 0.25) is 0 Å². The predicted octanol–water partition coefficient (Wildman–Crippen LogP) is -0.443. The van der Waals surface area contributed by atoms with Gasteiger partial charge >= 0.3 is 0 Å². The number of benzene rings is 1. The van der Waals surface area contributed by atoms with E-state index in [-0.39, 0.29) is 0 Å². The van der Waals surface area contributed by atoms with E-state index in [1.54, 1.807) is 24.4 Å². The van der Waals surface area contributed by atoms with Gasteiger partial charge in [0.15, 0.2) is 0 Å². The summed E-state index contributed by atoms with van der Waals surface area (Å²) >= 11 is 0. The first-order chi connectivity index (χ1) is 12.0. The standard InChI is InChI=1S/C17H20N2O6/c1-9(21)19-14-16(23)15(22)12(8-20)25-17(14)24-11-6-2-4-10-5-3-7-18-13(10)11/h2-7,12,14-17,20,22-23H,8H2,1H3,(H,19,21)/t12-,14+,15-,16-,17-/m1/s1. The molecule has 0 aliphatic carbocycles. The Bertz CT molecular complexity index is 750. The maximum absolute atomic E-state index is 11.4. The summed E-state index contributed by atoms with van der Waals surface area (Å²) < 4.78 is 11.4. The lowest BCUT2D eigenvalue weighted by molar-refractivity contribution is -0.244. The number of carbonyl (C=O) groups is 1. The smallest absolute Gasteiger partial charge is 0.223 e. The van der Waals surface area contributed by atoms with Crippen LogP contribution in [0.3, 0.4) is 0 Å². The minimum atomic E-state index is -1.36. The van der Waals surface area contributed by atoms with Gasteiger partial charge in [-0.1, -0.05) is 18.2 Å². The lowest BCUT2D eigenvalue weighted by Crippen LogP contribution is -2.65. The molecular formula is C17H20N2O6. The Balaban J connectivity index is 1.92. The number of nitrogens with zero attached hydrogens (tertiary/aromatic N) is 1. The van der Waals surface area contributed by atoms with Gasteiger partial charge in [-0.05, 0) is 12.1 Å².